The minimum atomic E-state index is 0.152. The van der Waals surface area contributed by atoms with Crippen LogP contribution in [0.25, 0.3) is 0 Å². The third-order valence-corrected chi connectivity index (χ3v) is 7.00. The van der Waals surface area contributed by atoms with E-state index in [1.165, 1.54) is 28.4 Å². The molecule has 0 bridgehead atoms. The third-order valence-electron chi connectivity index (χ3n) is 4.64. The van der Waals surface area contributed by atoms with Gasteiger partial charge < -0.3 is 10.5 Å². The molecule has 2 saturated heterocycles. The molecule has 0 aromatic heterocycles. The predicted octanol–water partition coefficient (Wildman–Crippen LogP) is 3.72. The molecule has 3 atom stereocenters. The van der Waals surface area contributed by atoms with Gasteiger partial charge in [0.05, 0.1) is 5.60 Å². The van der Waals surface area contributed by atoms with Gasteiger partial charge in [0, 0.05) is 29.0 Å². The number of rotatable bonds is 4. The molecule has 0 radical (unpaired) electrons. The number of aryl methyl sites for hydroxylation is 1. The lowest BCUT2D eigenvalue weighted by atomic mass is 9.82. The summed E-state index contributed by atoms with van der Waals surface area (Å²) in [6.07, 6.45) is 3.50. The molecule has 2 N–H and O–H groups in total. The second kappa shape index (κ2) is 6.95. The summed E-state index contributed by atoms with van der Waals surface area (Å²) in [6, 6.07) is 8.98. The average molecular weight is 324 g/mol. The van der Waals surface area contributed by atoms with Crippen LogP contribution in [-0.4, -0.2) is 35.5 Å². The van der Waals surface area contributed by atoms with Crippen LogP contribution in [0.2, 0.25) is 0 Å². The van der Waals surface area contributed by atoms with Crippen molar-refractivity contribution >= 4 is 23.5 Å². The number of nitrogens with two attached hydrogens (primary N) is 1. The van der Waals surface area contributed by atoms with Gasteiger partial charge in [0.2, 0.25) is 0 Å². The topological polar surface area (TPSA) is 35.2 Å². The molecule has 2 fully saturated rings. The molecule has 1 spiro atoms. The van der Waals surface area contributed by atoms with Crippen LogP contribution >= 0.6 is 23.5 Å². The summed E-state index contributed by atoms with van der Waals surface area (Å²) in [5, 5.41) is 0. The first-order valence-electron chi connectivity index (χ1n) is 7.84. The minimum absolute atomic E-state index is 0.152. The van der Waals surface area contributed by atoms with Crippen LogP contribution in [0, 0.1) is 12.8 Å². The molecule has 3 unspecified atom stereocenters. The van der Waals surface area contributed by atoms with E-state index < -0.39 is 0 Å². The number of ether oxygens (including phenoxy) is 1. The van der Waals surface area contributed by atoms with Gasteiger partial charge in [0.1, 0.15) is 0 Å². The molecule has 1 aromatic carbocycles. The first kappa shape index (κ1) is 15.7. The molecule has 4 heteroatoms. The molecule has 2 nitrogen and oxygen atoms in total. The van der Waals surface area contributed by atoms with E-state index in [1.54, 1.807) is 0 Å². The van der Waals surface area contributed by atoms with Crippen molar-refractivity contribution in [1.82, 2.24) is 0 Å². The van der Waals surface area contributed by atoms with Gasteiger partial charge in [-0.15, -0.1) is 11.8 Å². The van der Waals surface area contributed by atoms with Crippen molar-refractivity contribution in [2.75, 3.05) is 23.9 Å². The van der Waals surface area contributed by atoms with Crippen molar-refractivity contribution in [3.05, 3.63) is 29.8 Å². The number of benzene rings is 1. The van der Waals surface area contributed by atoms with Gasteiger partial charge in [-0.2, -0.15) is 11.8 Å². The average Bonchev–Trinajstić information content (AvgIpc) is 2.93. The van der Waals surface area contributed by atoms with Crippen LogP contribution in [0.4, 0.5) is 0 Å². The molecule has 2 aliphatic rings. The Kier molecular flexibility index (Phi) is 5.20. The highest BCUT2D eigenvalue weighted by Crippen LogP contribution is 2.41. The zero-order chi connectivity index (χ0) is 14.7. The van der Waals surface area contributed by atoms with Gasteiger partial charge in [-0.3, -0.25) is 0 Å². The third kappa shape index (κ3) is 3.98. The van der Waals surface area contributed by atoms with E-state index >= 15 is 0 Å². The van der Waals surface area contributed by atoms with Crippen molar-refractivity contribution < 1.29 is 4.74 Å². The van der Waals surface area contributed by atoms with Gasteiger partial charge in [-0.25, -0.2) is 0 Å². The van der Waals surface area contributed by atoms with Crippen LogP contribution < -0.4 is 5.73 Å². The normalized spacial score (nSPS) is 30.7. The Morgan fingerprint density at radius 2 is 2.43 bits per heavy atom. The van der Waals surface area contributed by atoms with Crippen molar-refractivity contribution in [1.29, 1.82) is 0 Å². The van der Waals surface area contributed by atoms with Crippen LogP contribution in [-0.2, 0) is 4.74 Å². The maximum absolute atomic E-state index is 6.50. The number of hydrogen-bond donors (Lipinski definition) is 1. The molecule has 116 valence electrons. The standard InChI is InChI=1S/C17H25NOS2/c1-13-3-2-4-15(9-13)21-11-16(18)14-5-7-19-17(10-14)6-8-20-12-17/h2-4,9,14,16H,5-8,10-12,18H2,1H3. The molecular formula is C17H25NOS2. The Hall–Kier alpha value is -0.160. The zero-order valence-corrected chi connectivity index (χ0v) is 14.3. The van der Waals surface area contributed by atoms with Crippen molar-refractivity contribution in [2.24, 2.45) is 11.7 Å². The van der Waals surface area contributed by atoms with E-state index in [9.17, 15) is 0 Å². The lowest BCUT2D eigenvalue weighted by molar-refractivity contribution is -0.0820. The predicted molar refractivity (Wildman–Crippen MR) is 93.2 cm³/mol. The summed E-state index contributed by atoms with van der Waals surface area (Å²) in [4.78, 5) is 1.34. The van der Waals surface area contributed by atoms with E-state index in [-0.39, 0.29) is 11.6 Å². The van der Waals surface area contributed by atoms with Crippen LogP contribution in [0.15, 0.2) is 29.2 Å². The van der Waals surface area contributed by atoms with Crippen LogP contribution in [0.5, 0.6) is 0 Å². The summed E-state index contributed by atoms with van der Waals surface area (Å²) < 4.78 is 6.10. The molecule has 3 rings (SSSR count). The van der Waals surface area contributed by atoms with Crippen molar-refractivity contribution in [2.45, 2.75) is 42.7 Å². The van der Waals surface area contributed by atoms with Gasteiger partial charge in [-0.1, -0.05) is 17.7 Å². The molecule has 2 heterocycles. The van der Waals surface area contributed by atoms with Gasteiger partial charge >= 0.3 is 0 Å². The number of thioether (sulfide) groups is 2. The van der Waals surface area contributed by atoms with Gasteiger partial charge in [0.25, 0.3) is 0 Å². The van der Waals surface area contributed by atoms with Crippen molar-refractivity contribution in [3.8, 4) is 0 Å². The zero-order valence-electron chi connectivity index (χ0n) is 12.7. The number of hydrogen-bond acceptors (Lipinski definition) is 4. The largest absolute Gasteiger partial charge is 0.374 e. The Morgan fingerprint density at radius 1 is 1.52 bits per heavy atom. The van der Waals surface area contributed by atoms with Crippen LogP contribution in [0.3, 0.4) is 0 Å². The summed E-state index contributed by atoms with van der Waals surface area (Å²) in [5.41, 5.74) is 7.97. The van der Waals surface area contributed by atoms with E-state index in [1.807, 2.05) is 23.5 Å². The van der Waals surface area contributed by atoms with Gasteiger partial charge in [0.15, 0.2) is 0 Å². The Labute approximate surface area is 136 Å². The quantitative estimate of drug-likeness (QED) is 0.857. The van der Waals surface area contributed by atoms with Gasteiger partial charge in [-0.05, 0) is 50.0 Å². The Bertz CT molecular complexity index is 474. The monoisotopic (exact) mass is 323 g/mol. The first-order valence-corrected chi connectivity index (χ1v) is 9.98. The second-order valence-electron chi connectivity index (χ2n) is 6.38. The molecule has 2 aliphatic heterocycles. The summed E-state index contributed by atoms with van der Waals surface area (Å²) in [7, 11) is 0. The summed E-state index contributed by atoms with van der Waals surface area (Å²) >= 11 is 3.93. The highest BCUT2D eigenvalue weighted by molar-refractivity contribution is 7.99. The molecule has 0 amide bonds. The van der Waals surface area contributed by atoms with E-state index in [4.69, 9.17) is 10.5 Å². The smallest absolute Gasteiger partial charge is 0.0783 e. The van der Waals surface area contributed by atoms with E-state index in [2.05, 4.69) is 31.2 Å². The maximum Gasteiger partial charge on any atom is 0.0783 e. The Morgan fingerprint density at radius 3 is 3.19 bits per heavy atom. The lowest BCUT2D eigenvalue weighted by Gasteiger charge is -2.40. The van der Waals surface area contributed by atoms with Crippen LogP contribution in [0.1, 0.15) is 24.8 Å². The Balaban J connectivity index is 1.54. The molecule has 0 saturated carbocycles. The fourth-order valence-electron chi connectivity index (χ4n) is 3.33. The van der Waals surface area contributed by atoms with Crippen molar-refractivity contribution in [3.63, 3.8) is 0 Å². The lowest BCUT2D eigenvalue weighted by Crippen LogP contribution is -2.46. The molecule has 21 heavy (non-hydrogen) atoms. The van der Waals surface area contributed by atoms with E-state index in [0.29, 0.717) is 5.92 Å². The second-order valence-corrected chi connectivity index (χ2v) is 8.58. The first-order chi connectivity index (χ1) is 10.2. The fourth-order valence-corrected chi connectivity index (χ4v) is 5.81. The molecule has 1 aromatic rings. The highest BCUT2D eigenvalue weighted by Gasteiger charge is 2.41. The minimum Gasteiger partial charge on any atom is -0.374 e. The molecular weight excluding hydrogens is 298 g/mol. The maximum atomic E-state index is 6.50. The fraction of sp³-hybridized carbons (Fsp3) is 0.647. The highest BCUT2D eigenvalue weighted by atomic mass is 32.2. The van der Waals surface area contributed by atoms with E-state index in [0.717, 1.165) is 25.2 Å². The molecule has 0 aliphatic carbocycles. The summed E-state index contributed by atoms with van der Waals surface area (Å²) in [5.74, 6) is 4.05. The summed E-state index contributed by atoms with van der Waals surface area (Å²) in [6.45, 7) is 3.04. The SMILES string of the molecule is Cc1cccc(SCC(N)C2CCOC3(CCSC3)C2)c1.